The highest BCUT2D eigenvalue weighted by Gasteiger charge is 1.99. The van der Waals surface area contributed by atoms with E-state index in [1.54, 1.807) is 6.08 Å². The fourth-order valence-corrected chi connectivity index (χ4v) is 1.47. The molecular weight excluding hydrogens is 160 g/mol. The monoisotopic (exact) mass is 184 g/mol. The van der Waals surface area contributed by atoms with E-state index >= 15 is 0 Å². The zero-order chi connectivity index (χ0) is 9.94. The van der Waals surface area contributed by atoms with Crippen LogP contribution in [-0.2, 0) is 0 Å². The molecule has 0 spiro atoms. The minimum absolute atomic E-state index is 0.149. The van der Waals surface area contributed by atoms with Crippen molar-refractivity contribution in [2.75, 3.05) is 0 Å². The van der Waals surface area contributed by atoms with Crippen molar-refractivity contribution in [3.8, 4) is 0 Å². The Bertz CT molecular complexity index is 110. The molecule has 0 aliphatic carbocycles. The van der Waals surface area contributed by atoms with Gasteiger partial charge in [0.05, 0.1) is 6.10 Å². The fourth-order valence-electron chi connectivity index (χ4n) is 1.47. The lowest BCUT2D eigenvalue weighted by Gasteiger charge is -2.06. The molecule has 0 amide bonds. The van der Waals surface area contributed by atoms with Crippen molar-refractivity contribution < 1.29 is 5.11 Å². The van der Waals surface area contributed by atoms with Gasteiger partial charge in [0.15, 0.2) is 0 Å². The molecule has 0 saturated heterocycles. The third kappa shape index (κ3) is 9.62. The minimum Gasteiger partial charge on any atom is -0.393 e. The maximum absolute atomic E-state index is 9.38. The highest BCUT2D eigenvalue weighted by Crippen LogP contribution is 2.09. The largest absolute Gasteiger partial charge is 0.393 e. The average Bonchev–Trinajstić information content (AvgIpc) is 2.11. The van der Waals surface area contributed by atoms with E-state index < -0.39 is 0 Å². The Labute approximate surface area is 82.9 Å². The molecular formula is C12H24O. The average molecular weight is 184 g/mol. The van der Waals surface area contributed by atoms with E-state index in [4.69, 9.17) is 0 Å². The van der Waals surface area contributed by atoms with Crippen molar-refractivity contribution >= 4 is 0 Å². The lowest BCUT2D eigenvalue weighted by atomic mass is 10.1. The first-order chi connectivity index (χ1) is 6.31. The van der Waals surface area contributed by atoms with Gasteiger partial charge < -0.3 is 5.11 Å². The van der Waals surface area contributed by atoms with Crippen LogP contribution in [0, 0.1) is 0 Å². The summed E-state index contributed by atoms with van der Waals surface area (Å²) in [6, 6.07) is 0. The molecule has 0 rings (SSSR count). The molecule has 0 aromatic heterocycles. The van der Waals surface area contributed by atoms with Gasteiger partial charge in [0.1, 0.15) is 0 Å². The Morgan fingerprint density at radius 3 is 2.38 bits per heavy atom. The first-order valence-electron chi connectivity index (χ1n) is 5.60. The number of hydrogen-bond acceptors (Lipinski definition) is 1. The molecule has 1 nitrogen and oxygen atoms in total. The van der Waals surface area contributed by atoms with E-state index in [2.05, 4.69) is 13.5 Å². The van der Waals surface area contributed by atoms with E-state index in [0.29, 0.717) is 0 Å². The van der Waals surface area contributed by atoms with E-state index in [-0.39, 0.29) is 6.10 Å². The molecule has 1 N–H and O–H groups in total. The maximum Gasteiger partial charge on any atom is 0.0574 e. The predicted octanol–water partition coefficient (Wildman–Crippen LogP) is 3.67. The van der Waals surface area contributed by atoms with Crippen LogP contribution in [0.4, 0.5) is 0 Å². The quantitative estimate of drug-likeness (QED) is 0.428. The first kappa shape index (κ1) is 12.7. The van der Waals surface area contributed by atoms with Gasteiger partial charge in [-0.25, -0.2) is 0 Å². The van der Waals surface area contributed by atoms with Gasteiger partial charge in [-0.05, 0) is 12.8 Å². The van der Waals surface area contributed by atoms with Crippen molar-refractivity contribution in [1.82, 2.24) is 0 Å². The maximum atomic E-state index is 9.38. The van der Waals surface area contributed by atoms with E-state index in [1.807, 2.05) is 0 Å². The predicted molar refractivity (Wildman–Crippen MR) is 58.8 cm³/mol. The van der Waals surface area contributed by atoms with Crippen molar-refractivity contribution in [1.29, 1.82) is 0 Å². The van der Waals surface area contributed by atoms with Crippen molar-refractivity contribution in [2.45, 2.75) is 64.4 Å². The topological polar surface area (TPSA) is 20.2 Å². The Morgan fingerprint density at radius 1 is 1.15 bits per heavy atom. The van der Waals surface area contributed by atoms with Gasteiger partial charge in [-0.3, -0.25) is 0 Å². The van der Waals surface area contributed by atoms with Crippen LogP contribution in [0.5, 0.6) is 0 Å². The van der Waals surface area contributed by atoms with Gasteiger partial charge in [-0.2, -0.15) is 0 Å². The molecule has 0 aliphatic rings. The fraction of sp³-hybridized carbons (Fsp3) is 0.833. The molecule has 0 unspecified atom stereocenters. The molecule has 13 heavy (non-hydrogen) atoms. The third-order valence-electron chi connectivity index (χ3n) is 2.33. The van der Waals surface area contributed by atoms with Crippen LogP contribution in [0.1, 0.15) is 58.3 Å². The lowest BCUT2D eigenvalue weighted by molar-refractivity contribution is 0.164. The first-order valence-corrected chi connectivity index (χ1v) is 5.60. The van der Waals surface area contributed by atoms with Gasteiger partial charge >= 0.3 is 0 Å². The summed E-state index contributed by atoms with van der Waals surface area (Å²) in [6.07, 6.45) is 11.1. The van der Waals surface area contributed by atoms with Crippen molar-refractivity contribution in [3.05, 3.63) is 12.7 Å². The number of aliphatic hydroxyl groups is 1. The molecule has 1 atom stereocenters. The highest BCUT2D eigenvalue weighted by molar-refractivity contribution is 4.71. The second kappa shape index (κ2) is 9.79. The molecule has 0 aromatic carbocycles. The molecule has 78 valence electrons. The summed E-state index contributed by atoms with van der Waals surface area (Å²) in [7, 11) is 0. The van der Waals surface area contributed by atoms with Gasteiger partial charge in [0.25, 0.3) is 0 Å². The second-order valence-electron chi connectivity index (χ2n) is 3.73. The minimum atomic E-state index is -0.149. The number of unbranched alkanes of at least 4 members (excludes halogenated alkanes) is 5. The summed E-state index contributed by atoms with van der Waals surface area (Å²) in [6.45, 7) is 5.84. The summed E-state index contributed by atoms with van der Waals surface area (Å²) in [4.78, 5) is 0. The Kier molecular flexibility index (Phi) is 9.56. The molecule has 0 bridgehead atoms. The number of aliphatic hydroxyl groups excluding tert-OH is 1. The molecule has 1 heteroatoms. The third-order valence-corrected chi connectivity index (χ3v) is 2.33. The Hall–Kier alpha value is -0.300. The Morgan fingerprint density at radius 2 is 1.77 bits per heavy atom. The SMILES string of the molecule is C=CC[C@@H](O)CCCCCCCC. The molecule has 0 aliphatic heterocycles. The summed E-state index contributed by atoms with van der Waals surface area (Å²) >= 11 is 0. The van der Waals surface area contributed by atoms with E-state index in [1.165, 1.54) is 38.5 Å². The smallest absolute Gasteiger partial charge is 0.0574 e. The summed E-state index contributed by atoms with van der Waals surface area (Å²) in [5.41, 5.74) is 0. The normalized spacial score (nSPS) is 12.8. The summed E-state index contributed by atoms with van der Waals surface area (Å²) < 4.78 is 0. The van der Waals surface area contributed by atoms with Crippen LogP contribution in [0.3, 0.4) is 0 Å². The van der Waals surface area contributed by atoms with Gasteiger partial charge in [-0.15, -0.1) is 6.58 Å². The standard InChI is InChI=1S/C12H24O/c1-3-5-6-7-8-9-11-12(13)10-4-2/h4,12-13H,2-3,5-11H2,1H3/t12-/m1/s1. The van der Waals surface area contributed by atoms with Crippen LogP contribution in [-0.4, -0.2) is 11.2 Å². The highest BCUT2D eigenvalue weighted by atomic mass is 16.3. The van der Waals surface area contributed by atoms with Crippen LogP contribution >= 0.6 is 0 Å². The summed E-state index contributed by atoms with van der Waals surface area (Å²) in [5, 5.41) is 9.38. The van der Waals surface area contributed by atoms with Crippen LogP contribution in [0.2, 0.25) is 0 Å². The zero-order valence-electron chi connectivity index (χ0n) is 8.97. The van der Waals surface area contributed by atoms with Crippen LogP contribution in [0.15, 0.2) is 12.7 Å². The van der Waals surface area contributed by atoms with Crippen molar-refractivity contribution in [2.24, 2.45) is 0 Å². The van der Waals surface area contributed by atoms with Crippen LogP contribution < -0.4 is 0 Å². The van der Waals surface area contributed by atoms with Crippen molar-refractivity contribution in [3.63, 3.8) is 0 Å². The van der Waals surface area contributed by atoms with Crippen LogP contribution in [0.25, 0.3) is 0 Å². The second-order valence-corrected chi connectivity index (χ2v) is 3.73. The molecule has 0 radical (unpaired) electrons. The van der Waals surface area contributed by atoms with E-state index in [9.17, 15) is 5.11 Å². The number of rotatable bonds is 9. The lowest BCUT2D eigenvalue weighted by Crippen LogP contribution is -2.03. The molecule has 0 aromatic rings. The van der Waals surface area contributed by atoms with Gasteiger partial charge in [0, 0.05) is 0 Å². The Balaban J connectivity index is 3.01. The summed E-state index contributed by atoms with van der Waals surface area (Å²) in [5.74, 6) is 0. The number of hydrogen-bond donors (Lipinski definition) is 1. The van der Waals surface area contributed by atoms with Gasteiger partial charge in [0.2, 0.25) is 0 Å². The molecule has 0 saturated carbocycles. The zero-order valence-corrected chi connectivity index (χ0v) is 8.97. The van der Waals surface area contributed by atoms with Gasteiger partial charge in [-0.1, -0.05) is 51.5 Å². The molecule has 0 heterocycles. The van der Waals surface area contributed by atoms with E-state index in [0.717, 1.165) is 12.8 Å². The molecule has 0 fully saturated rings.